The first kappa shape index (κ1) is 13.3. The number of aromatic nitrogens is 2. The quantitative estimate of drug-likeness (QED) is 0.718. The molecule has 0 amide bonds. The Morgan fingerprint density at radius 1 is 1.35 bits per heavy atom. The van der Waals surface area contributed by atoms with E-state index in [9.17, 15) is 4.79 Å². The van der Waals surface area contributed by atoms with Crippen molar-refractivity contribution >= 4 is 40.4 Å². The van der Waals surface area contributed by atoms with Gasteiger partial charge in [-0.05, 0) is 23.6 Å². The molecule has 0 saturated carbocycles. The summed E-state index contributed by atoms with van der Waals surface area (Å²) in [5, 5.41) is 19.2. The highest BCUT2D eigenvalue weighted by molar-refractivity contribution is 7.98. The van der Waals surface area contributed by atoms with Crippen LogP contribution in [-0.2, 0) is 5.75 Å². The van der Waals surface area contributed by atoms with Crippen molar-refractivity contribution in [3.05, 3.63) is 39.4 Å². The summed E-state index contributed by atoms with van der Waals surface area (Å²) in [4.78, 5) is 13.0. The summed E-state index contributed by atoms with van der Waals surface area (Å²) >= 11 is 4.20. The second-order valence-corrected chi connectivity index (χ2v) is 6.75. The van der Waals surface area contributed by atoms with Gasteiger partial charge in [-0.15, -0.1) is 32.9 Å². The van der Waals surface area contributed by atoms with Gasteiger partial charge in [0, 0.05) is 10.6 Å². The minimum atomic E-state index is -0.899. The standard InChI is InChI=1S/C12H8N2O3S3/c15-11(16)9-4-3-7(20-9)6-19-12-14-13-10(17-12)8-2-1-5-18-8/h1-5H,6H2,(H,15,16). The zero-order chi connectivity index (χ0) is 13.9. The minimum absolute atomic E-state index is 0.338. The number of carboxylic acid groups (broad SMARTS) is 1. The predicted molar refractivity (Wildman–Crippen MR) is 78.5 cm³/mol. The van der Waals surface area contributed by atoms with Crippen molar-refractivity contribution in [3.8, 4) is 10.8 Å². The Balaban J connectivity index is 1.65. The summed E-state index contributed by atoms with van der Waals surface area (Å²) in [5.41, 5.74) is 0. The van der Waals surface area contributed by atoms with E-state index in [0.717, 1.165) is 9.75 Å². The molecule has 0 atom stereocenters. The Bertz CT molecular complexity index is 718. The SMILES string of the molecule is O=C(O)c1ccc(CSc2nnc(-c3cccs3)o2)s1. The van der Waals surface area contributed by atoms with Gasteiger partial charge in [-0.1, -0.05) is 17.8 Å². The Kier molecular flexibility index (Phi) is 3.86. The highest BCUT2D eigenvalue weighted by Gasteiger charge is 2.11. The third kappa shape index (κ3) is 2.92. The molecule has 0 aliphatic heterocycles. The van der Waals surface area contributed by atoms with Crippen molar-refractivity contribution in [3.63, 3.8) is 0 Å². The van der Waals surface area contributed by atoms with E-state index >= 15 is 0 Å². The molecular weight excluding hydrogens is 316 g/mol. The zero-order valence-electron chi connectivity index (χ0n) is 9.98. The lowest BCUT2D eigenvalue weighted by atomic mass is 10.4. The van der Waals surface area contributed by atoms with Crippen LogP contribution < -0.4 is 0 Å². The maximum absolute atomic E-state index is 10.8. The van der Waals surface area contributed by atoms with Gasteiger partial charge in [0.15, 0.2) is 0 Å². The van der Waals surface area contributed by atoms with E-state index < -0.39 is 5.97 Å². The molecule has 0 spiro atoms. The van der Waals surface area contributed by atoms with Crippen LogP contribution >= 0.6 is 34.4 Å². The number of carbonyl (C=O) groups is 1. The average Bonchev–Trinajstić information content (AvgIpc) is 3.17. The van der Waals surface area contributed by atoms with Crippen LogP contribution in [0.15, 0.2) is 39.3 Å². The molecule has 102 valence electrons. The van der Waals surface area contributed by atoms with Crippen LogP contribution in [0.5, 0.6) is 0 Å². The summed E-state index contributed by atoms with van der Waals surface area (Å²) in [6.07, 6.45) is 0. The molecule has 3 aromatic heterocycles. The fourth-order valence-corrected chi connectivity index (χ4v) is 3.77. The van der Waals surface area contributed by atoms with E-state index in [1.165, 1.54) is 23.1 Å². The van der Waals surface area contributed by atoms with E-state index in [2.05, 4.69) is 10.2 Å². The Hall–Kier alpha value is -1.64. The summed E-state index contributed by atoms with van der Waals surface area (Å²) in [6, 6.07) is 7.26. The molecule has 0 unspecified atom stereocenters. The van der Waals surface area contributed by atoms with E-state index in [0.29, 0.717) is 21.7 Å². The summed E-state index contributed by atoms with van der Waals surface area (Å²) in [7, 11) is 0. The van der Waals surface area contributed by atoms with Crippen LogP contribution in [-0.4, -0.2) is 21.3 Å². The van der Waals surface area contributed by atoms with Crippen LogP contribution in [0.4, 0.5) is 0 Å². The highest BCUT2D eigenvalue weighted by atomic mass is 32.2. The van der Waals surface area contributed by atoms with Crippen molar-refractivity contribution in [1.29, 1.82) is 0 Å². The van der Waals surface area contributed by atoms with E-state index in [1.54, 1.807) is 23.5 Å². The van der Waals surface area contributed by atoms with E-state index in [-0.39, 0.29) is 0 Å². The van der Waals surface area contributed by atoms with Crippen molar-refractivity contribution in [1.82, 2.24) is 10.2 Å². The average molecular weight is 324 g/mol. The highest BCUT2D eigenvalue weighted by Crippen LogP contribution is 2.29. The molecule has 0 bridgehead atoms. The zero-order valence-corrected chi connectivity index (χ0v) is 12.4. The van der Waals surface area contributed by atoms with Gasteiger partial charge in [0.1, 0.15) is 4.88 Å². The lowest BCUT2D eigenvalue weighted by molar-refractivity contribution is 0.0702. The Morgan fingerprint density at radius 3 is 2.95 bits per heavy atom. The first-order valence-corrected chi connectivity index (χ1v) is 8.23. The maximum Gasteiger partial charge on any atom is 0.345 e. The van der Waals surface area contributed by atoms with Crippen LogP contribution in [0.3, 0.4) is 0 Å². The van der Waals surface area contributed by atoms with Gasteiger partial charge in [-0.2, -0.15) is 0 Å². The topological polar surface area (TPSA) is 76.2 Å². The van der Waals surface area contributed by atoms with Crippen molar-refractivity contribution in [2.45, 2.75) is 11.0 Å². The molecule has 0 saturated heterocycles. The molecule has 0 radical (unpaired) electrons. The van der Waals surface area contributed by atoms with Crippen molar-refractivity contribution < 1.29 is 14.3 Å². The van der Waals surface area contributed by atoms with Crippen molar-refractivity contribution in [2.24, 2.45) is 0 Å². The number of nitrogens with zero attached hydrogens (tertiary/aromatic N) is 2. The molecule has 5 nitrogen and oxygen atoms in total. The van der Waals surface area contributed by atoms with Gasteiger partial charge in [0.25, 0.3) is 11.1 Å². The largest absolute Gasteiger partial charge is 0.477 e. The number of thiophene rings is 2. The van der Waals surface area contributed by atoms with Gasteiger partial charge in [-0.3, -0.25) is 0 Å². The molecule has 0 aliphatic carbocycles. The molecule has 0 aromatic carbocycles. The van der Waals surface area contributed by atoms with Crippen LogP contribution in [0.25, 0.3) is 10.8 Å². The molecule has 3 rings (SSSR count). The second-order valence-electron chi connectivity index (χ2n) is 3.71. The molecule has 0 fully saturated rings. The fraction of sp³-hybridized carbons (Fsp3) is 0.0833. The second kappa shape index (κ2) is 5.78. The van der Waals surface area contributed by atoms with E-state index in [1.807, 2.05) is 17.5 Å². The van der Waals surface area contributed by atoms with Gasteiger partial charge in [-0.25, -0.2) is 4.79 Å². The Morgan fingerprint density at radius 2 is 2.25 bits per heavy atom. The third-order valence-corrected chi connectivity index (χ3v) is 5.33. The van der Waals surface area contributed by atoms with Gasteiger partial charge in [0.2, 0.25) is 0 Å². The number of carboxylic acids is 1. The smallest absolute Gasteiger partial charge is 0.345 e. The van der Waals surface area contributed by atoms with Gasteiger partial charge < -0.3 is 9.52 Å². The van der Waals surface area contributed by atoms with Crippen LogP contribution in [0.2, 0.25) is 0 Å². The number of thioether (sulfide) groups is 1. The monoisotopic (exact) mass is 324 g/mol. The summed E-state index contributed by atoms with van der Waals surface area (Å²) in [6.45, 7) is 0. The van der Waals surface area contributed by atoms with E-state index in [4.69, 9.17) is 9.52 Å². The number of rotatable bonds is 5. The number of aromatic carboxylic acids is 1. The number of hydrogen-bond donors (Lipinski definition) is 1. The molecule has 0 aliphatic rings. The number of hydrogen-bond acceptors (Lipinski definition) is 7. The molecule has 20 heavy (non-hydrogen) atoms. The first-order chi connectivity index (χ1) is 9.72. The van der Waals surface area contributed by atoms with Gasteiger partial charge >= 0.3 is 5.97 Å². The fourth-order valence-electron chi connectivity index (χ4n) is 1.47. The summed E-state index contributed by atoms with van der Waals surface area (Å²) < 4.78 is 5.54. The van der Waals surface area contributed by atoms with Crippen LogP contribution in [0.1, 0.15) is 14.5 Å². The van der Waals surface area contributed by atoms with Crippen molar-refractivity contribution in [2.75, 3.05) is 0 Å². The summed E-state index contributed by atoms with van der Waals surface area (Å²) in [5.74, 6) is 0.230. The minimum Gasteiger partial charge on any atom is -0.477 e. The molecule has 3 aromatic rings. The van der Waals surface area contributed by atoms with Gasteiger partial charge in [0.05, 0.1) is 4.88 Å². The lowest BCUT2D eigenvalue weighted by Gasteiger charge is -1.92. The molecule has 3 heterocycles. The van der Waals surface area contributed by atoms with Crippen LogP contribution in [0, 0.1) is 0 Å². The maximum atomic E-state index is 10.8. The lowest BCUT2D eigenvalue weighted by Crippen LogP contribution is -1.89. The normalized spacial score (nSPS) is 10.8. The Labute approximate surface area is 126 Å². The first-order valence-electron chi connectivity index (χ1n) is 5.54. The molecule has 1 N–H and O–H groups in total. The molecular formula is C12H8N2O3S3. The molecule has 8 heteroatoms. The predicted octanol–water partition coefficient (Wildman–Crippen LogP) is 3.85. The third-order valence-electron chi connectivity index (χ3n) is 2.35.